The summed E-state index contributed by atoms with van der Waals surface area (Å²) in [7, 11) is 1.30. The molecule has 1 saturated heterocycles. The fraction of sp³-hybridized carbons (Fsp3) is 0.455. The van der Waals surface area contributed by atoms with Crippen LogP contribution in [0.5, 0.6) is 0 Å². The number of hydrogen-bond acceptors (Lipinski definition) is 6. The van der Waals surface area contributed by atoms with Gasteiger partial charge in [-0.15, -0.1) is 11.3 Å². The minimum Gasteiger partial charge on any atom is -0.452 e. The number of rotatable bonds is 3. The number of thiophene rings is 1. The first kappa shape index (κ1) is 12.8. The van der Waals surface area contributed by atoms with Crippen molar-refractivity contribution in [3.05, 3.63) is 17.0 Å². The molecule has 0 atom stereocenters. The molecular formula is C11H15N3O3S. The maximum absolute atomic E-state index is 10.8. The molecule has 0 spiro atoms. The number of morpholine rings is 1. The predicted octanol–water partition coefficient (Wildman–Crippen LogP) is 1.27. The van der Waals surface area contributed by atoms with Crippen molar-refractivity contribution in [3.63, 3.8) is 0 Å². The van der Waals surface area contributed by atoms with Crippen LogP contribution >= 0.6 is 11.3 Å². The third kappa shape index (κ3) is 3.44. The molecule has 1 N–H and O–H groups in total. The monoisotopic (exact) mass is 269 g/mol. The molecule has 0 aliphatic carbocycles. The van der Waals surface area contributed by atoms with E-state index in [1.54, 1.807) is 17.6 Å². The molecule has 2 heterocycles. The molecule has 1 fully saturated rings. The van der Waals surface area contributed by atoms with Crippen molar-refractivity contribution in [2.24, 2.45) is 5.10 Å². The van der Waals surface area contributed by atoms with E-state index < -0.39 is 6.09 Å². The molecule has 0 radical (unpaired) electrons. The van der Waals surface area contributed by atoms with E-state index in [4.69, 9.17) is 4.74 Å². The second kappa shape index (κ2) is 6.36. The van der Waals surface area contributed by atoms with Crippen molar-refractivity contribution in [1.29, 1.82) is 0 Å². The number of carbonyl (C=O) groups excluding carboxylic acids is 1. The van der Waals surface area contributed by atoms with E-state index in [1.807, 2.05) is 6.07 Å². The summed E-state index contributed by atoms with van der Waals surface area (Å²) in [5.41, 5.74) is 2.25. The first-order chi connectivity index (χ1) is 8.79. The molecule has 6 nitrogen and oxygen atoms in total. The van der Waals surface area contributed by atoms with Gasteiger partial charge in [-0.2, -0.15) is 5.10 Å². The zero-order valence-electron chi connectivity index (χ0n) is 10.1. The smallest absolute Gasteiger partial charge is 0.427 e. The normalized spacial score (nSPS) is 15.9. The summed E-state index contributed by atoms with van der Waals surface area (Å²) in [6.45, 7) is 3.37. The summed E-state index contributed by atoms with van der Waals surface area (Å²) in [6.07, 6.45) is 1.03. The lowest BCUT2D eigenvalue weighted by molar-refractivity contribution is 0.123. The Balaban J connectivity index is 1.91. The maximum atomic E-state index is 10.8. The van der Waals surface area contributed by atoms with Crippen molar-refractivity contribution in [2.75, 3.05) is 38.3 Å². The van der Waals surface area contributed by atoms with Crippen molar-refractivity contribution in [2.45, 2.75) is 0 Å². The third-order valence-corrected chi connectivity index (χ3v) is 3.55. The number of carbonyl (C=O) groups is 1. The van der Waals surface area contributed by atoms with E-state index in [0.717, 1.165) is 31.2 Å². The molecule has 1 aromatic rings. The highest BCUT2D eigenvalue weighted by atomic mass is 32.1. The molecule has 7 heteroatoms. The van der Waals surface area contributed by atoms with Crippen molar-refractivity contribution < 1.29 is 14.3 Å². The van der Waals surface area contributed by atoms with Crippen LogP contribution in [0.2, 0.25) is 0 Å². The minimum atomic E-state index is -0.573. The first-order valence-corrected chi connectivity index (χ1v) is 6.41. The van der Waals surface area contributed by atoms with E-state index in [-0.39, 0.29) is 0 Å². The van der Waals surface area contributed by atoms with Crippen LogP contribution in [0.4, 0.5) is 9.80 Å². The summed E-state index contributed by atoms with van der Waals surface area (Å²) in [5.74, 6) is 0. The van der Waals surface area contributed by atoms with Crippen LogP contribution in [0.15, 0.2) is 17.2 Å². The van der Waals surface area contributed by atoms with Gasteiger partial charge >= 0.3 is 6.09 Å². The zero-order valence-corrected chi connectivity index (χ0v) is 10.9. The Kier molecular flexibility index (Phi) is 4.54. The van der Waals surface area contributed by atoms with Gasteiger partial charge < -0.3 is 14.4 Å². The van der Waals surface area contributed by atoms with Gasteiger partial charge in [-0.25, -0.2) is 10.2 Å². The maximum Gasteiger partial charge on any atom is 0.427 e. The Bertz CT molecular complexity index is 427. The lowest BCUT2D eigenvalue weighted by Crippen LogP contribution is -2.35. The molecule has 18 heavy (non-hydrogen) atoms. The van der Waals surface area contributed by atoms with Gasteiger partial charge in [0.2, 0.25) is 0 Å². The number of hydrogen-bond donors (Lipinski definition) is 1. The number of nitrogens with one attached hydrogen (secondary N) is 1. The molecule has 1 aliphatic heterocycles. The van der Waals surface area contributed by atoms with Gasteiger partial charge in [0.05, 0.1) is 31.5 Å². The number of ether oxygens (including phenoxy) is 2. The van der Waals surface area contributed by atoms with Crippen LogP contribution in [-0.4, -0.2) is 45.7 Å². The fourth-order valence-electron chi connectivity index (χ4n) is 1.56. The van der Waals surface area contributed by atoms with Crippen LogP contribution in [0.25, 0.3) is 0 Å². The number of anilines is 1. The predicted molar refractivity (Wildman–Crippen MR) is 70.5 cm³/mol. The number of hydrazone groups is 1. The molecule has 1 amide bonds. The third-order valence-electron chi connectivity index (χ3n) is 2.47. The lowest BCUT2D eigenvalue weighted by Gasteiger charge is -2.27. The highest BCUT2D eigenvalue weighted by Crippen LogP contribution is 2.25. The average molecular weight is 269 g/mol. The Morgan fingerprint density at radius 2 is 2.33 bits per heavy atom. The summed E-state index contributed by atoms with van der Waals surface area (Å²) >= 11 is 1.63. The summed E-state index contributed by atoms with van der Waals surface area (Å²) < 4.78 is 9.71. The summed E-state index contributed by atoms with van der Waals surface area (Å²) in [6, 6.07) is 4.02. The second-order valence-corrected chi connectivity index (χ2v) is 4.73. The molecule has 1 aliphatic rings. The topological polar surface area (TPSA) is 63.2 Å². The Morgan fingerprint density at radius 3 is 3.06 bits per heavy atom. The Morgan fingerprint density at radius 1 is 1.56 bits per heavy atom. The van der Waals surface area contributed by atoms with Crippen LogP contribution in [-0.2, 0) is 9.47 Å². The average Bonchev–Trinajstić information content (AvgIpc) is 2.88. The van der Waals surface area contributed by atoms with E-state index in [0.29, 0.717) is 0 Å². The van der Waals surface area contributed by atoms with E-state index >= 15 is 0 Å². The highest BCUT2D eigenvalue weighted by Gasteiger charge is 2.12. The van der Waals surface area contributed by atoms with E-state index in [2.05, 4.69) is 26.2 Å². The molecule has 2 rings (SSSR count). The quantitative estimate of drug-likeness (QED) is 0.663. The van der Waals surface area contributed by atoms with Gasteiger partial charge in [0, 0.05) is 18.0 Å². The van der Waals surface area contributed by atoms with E-state index in [1.165, 1.54) is 12.1 Å². The Labute approximate surface area is 109 Å². The van der Waals surface area contributed by atoms with Crippen LogP contribution in [0.1, 0.15) is 4.88 Å². The largest absolute Gasteiger partial charge is 0.452 e. The molecular weight excluding hydrogens is 254 g/mol. The van der Waals surface area contributed by atoms with Gasteiger partial charge in [0.15, 0.2) is 0 Å². The van der Waals surface area contributed by atoms with Gasteiger partial charge in [0.1, 0.15) is 0 Å². The van der Waals surface area contributed by atoms with Crippen molar-refractivity contribution >= 4 is 28.6 Å². The zero-order chi connectivity index (χ0) is 12.8. The SMILES string of the molecule is COC(=O)NN=Cc1ccc(N2CCOCC2)s1. The number of nitrogens with zero attached hydrogens (tertiary/aromatic N) is 2. The summed E-state index contributed by atoms with van der Waals surface area (Å²) in [4.78, 5) is 14.0. The molecule has 0 aromatic carbocycles. The summed E-state index contributed by atoms with van der Waals surface area (Å²) in [5, 5.41) is 4.98. The molecule has 1 aromatic heterocycles. The van der Waals surface area contributed by atoms with Crippen molar-refractivity contribution in [3.8, 4) is 0 Å². The highest BCUT2D eigenvalue weighted by molar-refractivity contribution is 7.17. The number of methoxy groups -OCH3 is 1. The van der Waals surface area contributed by atoms with E-state index in [9.17, 15) is 4.79 Å². The van der Waals surface area contributed by atoms with Crippen LogP contribution in [0, 0.1) is 0 Å². The van der Waals surface area contributed by atoms with Gasteiger partial charge in [-0.05, 0) is 12.1 Å². The molecule has 0 unspecified atom stereocenters. The van der Waals surface area contributed by atoms with Crippen LogP contribution < -0.4 is 10.3 Å². The minimum absolute atomic E-state index is 0.573. The molecule has 0 bridgehead atoms. The van der Waals surface area contributed by atoms with Gasteiger partial charge in [-0.3, -0.25) is 0 Å². The van der Waals surface area contributed by atoms with Gasteiger partial charge in [-0.1, -0.05) is 0 Å². The van der Waals surface area contributed by atoms with Crippen LogP contribution in [0.3, 0.4) is 0 Å². The fourth-order valence-corrected chi connectivity index (χ4v) is 2.49. The number of amides is 1. The molecule has 0 saturated carbocycles. The first-order valence-electron chi connectivity index (χ1n) is 5.59. The molecule has 98 valence electrons. The Hall–Kier alpha value is -1.60. The van der Waals surface area contributed by atoms with Crippen molar-refractivity contribution in [1.82, 2.24) is 5.43 Å². The van der Waals surface area contributed by atoms with Gasteiger partial charge in [0.25, 0.3) is 0 Å². The standard InChI is InChI=1S/C11H15N3O3S/c1-16-11(15)13-12-8-9-2-3-10(18-9)14-4-6-17-7-5-14/h2-3,8H,4-7H2,1H3,(H,13,15). The lowest BCUT2D eigenvalue weighted by atomic mass is 10.4. The second-order valence-electron chi connectivity index (χ2n) is 3.64.